The molecule has 0 amide bonds. The number of hydrogen-bond acceptors (Lipinski definition) is 8. The fourth-order valence-corrected chi connectivity index (χ4v) is 7.49. The predicted octanol–water partition coefficient (Wildman–Crippen LogP) is 13.5. The molecule has 0 aliphatic carbocycles. The van der Waals surface area contributed by atoms with Crippen LogP contribution >= 0.6 is 7.82 Å². The molecule has 0 aliphatic rings. The number of phosphoric ester groups is 1. The van der Waals surface area contributed by atoms with E-state index in [1.54, 1.807) is 0 Å². The molecule has 3 atom stereocenters. The normalized spacial score (nSPS) is 14.0. The first kappa shape index (κ1) is 56.5. The lowest BCUT2D eigenvalue weighted by molar-refractivity contribution is -0.154. The Morgan fingerprint density at radius 3 is 1.31 bits per heavy atom. The van der Waals surface area contributed by atoms with Crippen LogP contribution in [0.3, 0.4) is 0 Å². The Bertz CT molecular complexity index is 1020. The zero-order valence-corrected chi connectivity index (χ0v) is 38.3. The highest BCUT2D eigenvalue weighted by molar-refractivity contribution is 7.47. The minimum absolute atomic E-state index is 0.0160. The zero-order valence-electron chi connectivity index (χ0n) is 37.4. The van der Waals surface area contributed by atoms with Gasteiger partial charge < -0.3 is 25.2 Å². The first-order chi connectivity index (χ1) is 28.2. The molecule has 58 heavy (non-hydrogen) atoms. The van der Waals surface area contributed by atoms with Crippen LogP contribution in [0.25, 0.3) is 0 Å². The monoisotopic (exact) mass is 844 g/mol. The van der Waals surface area contributed by atoms with Gasteiger partial charge >= 0.3 is 19.8 Å². The van der Waals surface area contributed by atoms with Gasteiger partial charge in [0.1, 0.15) is 12.1 Å². The maximum absolute atomic E-state index is 12.7. The minimum atomic E-state index is -4.62. The van der Waals surface area contributed by atoms with E-state index in [1.165, 1.54) is 154 Å². The van der Waals surface area contributed by atoms with E-state index in [9.17, 15) is 19.0 Å². The Morgan fingerprint density at radius 1 is 0.534 bits per heavy atom. The number of allylic oxidation sites excluding steroid dienone is 4. The van der Waals surface area contributed by atoms with Gasteiger partial charge in [-0.3, -0.25) is 18.6 Å². The third kappa shape index (κ3) is 42.6. The second-order valence-corrected chi connectivity index (χ2v) is 17.7. The first-order valence-electron chi connectivity index (χ1n) is 23.9. The molecule has 0 aliphatic heterocycles. The summed E-state index contributed by atoms with van der Waals surface area (Å²) in [4.78, 5) is 33.6. The van der Waals surface area contributed by atoms with Gasteiger partial charge in [0.15, 0.2) is 0 Å². The van der Waals surface area contributed by atoms with Gasteiger partial charge in [0.25, 0.3) is 0 Å². The van der Waals surface area contributed by atoms with Gasteiger partial charge in [-0.15, -0.1) is 0 Å². The van der Waals surface area contributed by atoms with Crippen LogP contribution in [-0.4, -0.2) is 60.5 Å². The lowest BCUT2D eigenvalue weighted by Crippen LogP contribution is -2.34. The van der Waals surface area contributed by atoms with E-state index in [0.29, 0.717) is 13.0 Å². The zero-order chi connectivity index (χ0) is 42.6. The van der Waals surface area contributed by atoms with Crippen LogP contribution in [0.1, 0.15) is 226 Å². The number of carbonyl (C=O) groups is 2. The SMILES string of the molecule is CCCCCCCC/C=C\CCCCCCCCCCOCC(COP(=O)(O)OCC(N)C(=O)O)OC(=O)CCCCCCCCC/C=C\CCCCCCCCC. The third-order valence-electron chi connectivity index (χ3n) is 10.5. The molecule has 0 rings (SSSR count). The van der Waals surface area contributed by atoms with Crippen molar-refractivity contribution in [3.8, 4) is 0 Å². The van der Waals surface area contributed by atoms with Crippen molar-refractivity contribution in [2.45, 2.75) is 238 Å². The topological polar surface area (TPSA) is 155 Å². The van der Waals surface area contributed by atoms with Crippen molar-refractivity contribution >= 4 is 19.8 Å². The molecular weight excluding hydrogens is 753 g/mol. The Kier molecular flexibility index (Phi) is 42.4. The van der Waals surface area contributed by atoms with Gasteiger partial charge in [-0.25, -0.2) is 4.57 Å². The van der Waals surface area contributed by atoms with Crippen LogP contribution in [0, 0.1) is 0 Å². The maximum Gasteiger partial charge on any atom is 0.472 e. The summed E-state index contributed by atoms with van der Waals surface area (Å²) in [5.74, 6) is -1.78. The number of unbranched alkanes of at least 4 members (excludes halogenated alkanes) is 28. The number of phosphoric acid groups is 1. The second kappa shape index (κ2) is 43.5. The van der Waals surface area contributed by atoms with Crippen molar-refractivity contribution in [2.75, 3.05) is 26.4 Å². The molecular formula is C47H90NO9P. The number of hydrogen-bond donors (Lipinski definition) is 3. The Hall–Kier alpha value is -1.55. The number of esters is 1. The Balaban J connectivity index is 4.18. The smallest absolute Gasteiger partial charge is 0.472 e. The fourth-order valence-electron chi connectivity index (χ4n) is 6.71. The molecule has 0 radical (unpaired) electrons. The summed E-state index contributed by atoms with van der Waals surface area (Å²) in [5, 5.41) is 8.91. The van der Waals surface area contributed by atoms with Crippen molar-refractivity contribution in [3.05, 3.63) is 24.3 Å². The predicted molar refractivity (Wildman–Crippen MR) is 240 cm³/mol. The molecule has 11 heteroatoms. The molecule has 0 bridgehead atoms. The van der Waals surface area contributed by atoms with Crippen LogP contribution in [-0.2, 0) is 32.7 Å². The van der Waals surface area contributed by atoms with Gasteiger partial charge in [-0.05, 0) is 64.2 Å². The van der Waals surface area contributed by atoms with Gasteiger partial charge in [0.2, 0.25) is 0 Å². The van der Waals surface area contributed by atoms with Gasteiger partial charge in [-0.2, -0.15) is 0 Å². The number of ether oxygens (including phenoxy) is 2. The van der Waals surface area contributed by atoms with Crippen molar-refractivity contribution in [3.63, 3.8) is 0 Å². The highest BCUT2D eigenvalue weighted by Gasteiger charge is 2.27. The van der Waals surface area contributed by atoms with Crippen LogP contribution in [0.4, 0.5) is 0 Å². The van der Waals surface area contributed by atoms with Gasteiger partial charge in [-0.1, -0.05) is 179 Å². The number of aliphatic carboxylic acids is 1. The van der Waals surface area contributed by atoms with Crippen LogP contribution in [0.2, 0.25) is 0 Å². The molecule has 342 valence electrons. The quantitative estimate of drug-likeness (QED) is 0.0233. The van der Waals surface area contributed by atoms with Crippen molar-refractivity contribution < 1.29 is 42.7 Å². The molecule has 0 saturated carbocycles. The lowest BCUT2D eigenvalue weighted by atomic mass is 10.1. The minimum Gasteiger partial charge on any atom is -0.480 e. The fraction of sp³-hybridized carbons (Fsp3) is 0.872. The summed E-state index contributed by atoms with van der Waals surface area (Å²) in [6.45, 7) is 3.89. The Labute approximate surface area is 355 Å². The number of carboxylic acid groups (broad SMARTS) is 1. The maximum atomic E-state index is 12.7. The molecule has 0 saturated heterocycles. The summed E-state index contributed by atoms with van der Waals surface area (Å²) in [7, 11) is -4.62. The van der Waals surface area contributed by atoms with Crippen molar-refractivity contribution in [1.82, 2.24) is 0 Å². The molecule has 0 spiro atoms. The largest absolute Gasteiger partial charge is 0.480 e. The van der Waals surface area contributed by atoms with E-state index in [4.69, 9.17) is 29.4 Å². The van der Waals surface area contributed by atoms with Crippen molar-refractivity contribution in [2.24, 2.45) is 5.73 Å². The molecule has 3 unspecified atom stereocenters. The number of rotatable bonds is 46. The number of carboxylic acids is 1. The number of carbonyl (C=O) groups excluding carboxylic acids is 1. The standard InChI is InChI=1S/C47H90NO9P/c1-3-5-7-9-11-13-15-17-19-21-23-25-27-29-31-33-35-37-39-46(49)57-44(42-55-58(52,53)56-43-45(48)47(50)51)41-54-40-38-36-34-32-30-28-26-24-22-20-18-16-14-12-10-8-6-4-2/h18-21,44-45H,3-17,22-43,48H2,1-2H3,(H,50,51)(H,52,53)/b20-18-,21-19-. The van der Waals surface area contributed by atoms with Crippen LogP contribution < -0.4 is 5.73 Å². The summed E-state index contributed by atoms with van der Waals surface area (Å²) >= 11 is 0. The summed E-state index contributed by atoms with van der Waals surface area (Å²) in [6.07, 6.45) is 48.0. The van der Waals surface area contributed by atoms with Gasteiger partial charge in [0.05, 0.1) is 19.8 Å². The summed E-state index contributed by atoms with van der Waals surface area (Å²) in [6, 6.07) is -1.47. The molecule has 0 aromatic carbocycles. The molecule has 0 aromatic heterocycles. The molecule has 10 nitrogen and oxygen atoms in total. The molecule has 0 aromatic rings. The van der Waals surface area contributed by atoms with E-state index < -0.39 is 45.1 Å². The van der Waals surface area contributed by atoms with Crippen LogP contribution in [0.5, 0.6) is 0 Å². The van der Waals surface area contributed by atoms with E-state index in [-0.39, 0.29) is 13.0 Å². The first-order valence-corrected chi connectivity index (χ1v) is 25.4. The van der Waals surface area contributed by atoms with Crippen molar-refractivity contribution in [1.29, 1.82) is 0 Å². The number of nitrogens with two attached hydrogens (primary N) is 1. The van der Waals surface area contributed by atoms with E-state index in [0.717, 1.165) is 44.9 Å². The highest BCUT2D eigenvalue weighted by Crippen LogP contribution is 2.43. The van der Waals surface area contributed by atoms with Crippen LogP contribution in [0.15, 0.2) is 24.3 Å². The summed E-state index contributed by atoms with van der Waals surface area (Å²) < 4.78 is 33.4. The van der Waals surface area contributed by atoms with E-state index in [1.807, 2.05) is 0 Å². The van der Waals surface area contributed by atoms with E-state index >= 15 is 0 Å². The lowest BCUT2D eigenvalue weighted by Gasteiger charge is -2.20. The second-order valence-electron chi connectivity index (χ2n) is 16.2. The average molecular weight is 844 g/mol. The summed E-state index contributed by atoms with van der Waals surface area (Å²) in [5.41, 5.74) is 5.36. The Morgan fingerprint density at radius 2 is 0.897 bits per heavy atom. The average Bonchev–Trinajstić information content (AvgIpc) is 3.20. The van der Waals surface area contributed by atoms with Gasteiger partial charge in [0, 0.05) is 13.0 Å². The molecule has 0 fully saturated rings. The van der Waals surface area contributed by atoms with E-state index in [2.05, 4.69) is 38.2 Å². The third-order valence-corrected chi connectivity index (χ3v) is 11.4. The molecule has 4 N–H and O–H groups in total. The molecule has 0 heterocycles. The highest BCUT2D eigenvalue weighted by atomic mass is 31.2.